The fourth-order valence-corrected chi connectivity index (χ4v) is 3.76. The van der Waals surface area contributed by atoms with Crippen LogP contribution in [-0.4, -0.2) is 23.3 Å². The quantitative estimate of drug-likeness (QED) is 0.261. The second-order valence-electron chi connectivity index (χ2n) is 7.53. The lowest BCUT2D eigenvalue weighted by Gasteiger charge is -2.09. The molecule has 1 aromatic heterocycles. The second-order valence-corrected chi connectivity index (χ2v) is 7.53. The molecule has 32 heavy (non-hydrogen) atoms. The zero-order chi connectivity index (χ0) is 22.7. The van der Waals surface area contributed by atoms with Gasteiger partial charge in [0.05, 0.1) is 11.3 Å². The Morgan fingerprint density at radius 3 is 2.53 bits per heavy atom. The van der Waals surface area contributed by atoms with Gasteiger partial charge in [0.25, 0.3) is 11.6 Å². The fourth-order valence-electron chi connectivity index (χ4n) is 3.76. The molecule has 0 aliphatic heterocycles. The summed E-state index contributed by atoms with van der Waals surface area (Å²) in [6.45, 7) is -0.0319. The number of nitrogens with zero attached hydrogens (tertiary/aromatic N) is 1. The zero-order valence-corrected chi connectivity index (χ0v) is 17.1. The normalized spacial score (nSPS) is 12.4. The lowest BCUT2D eigenvalue weighted by atomic mass is 10.0. The van der Waals surface area contributed by atoms with Crippen LogP contribution < -0.4 is 10.9 Å². The molecule has 1 aliphatic carbocycles. The first kappa shape index (κ1) is 21.2. The summed E-state index contributed by atoms with van der Waals surface area (Å²) in [5.74, 6) is -0.982. The molecule has 3 aromatic rings. The van der Waals surface area contributed by atoms with Gasteiger partial charge in [-0.15, -0.1) is 0 Å². The Kier molecular flexibility index (Phi) is 5.98. The topological polar surface area (TPSA) is 129 Å². The number of amides is 1. The van der Waals surface area contributed by atoms with E-state index in [4.69, 9.17) is 9.15 Å². The van der Waals surface area contributed by atoms with Crippen molar-refractivity contribution in [2.24, 2.45) is 0 Å². The Balaban J connectivity index is 1.32. The molecule has 0 bridgehead atoms. The number of ether oxygens (including phenoxy) is 1. The average molecular weight is 436 g/mol. The Hall–Kier alpha value is -4.01. The van der Waals surface area contributed by atoms with Crippen LogP contribution in [0.4, 0.5) is 5.69 Å². The third-order valence-electron chi connectivity index (χ3n) is 5.39. The van der Waals surface area contributed by atoms with E-state index >= 15 is 0 Å². The molecular formula is C23H20N2O7. The van der Waals surface area contributed by atoms with Gasteiger partial charge in [0.15, 0.2) is 0 Å². The molecule has 0 saturated heterocycles. The lowest BCUT2D eigenvalue weighted by molar-refractivity contribution is -0.384. The third kappa shape index (κ3) is 4.66. The van der Waals surface area contributed by atoms with Crippen LogP contribution in [0.1, 0.15) is 39.9 Å². The maximum atomic E-state index is 12.1. The number of fused-ring (bicyclic) bond motifs is 2. The van der Waals surface area contributed by atoms with E-state index in [0.29, 0.717) is 11.1 Å². The minimum absolute atomic E-state index is 0.0415. The molecule has 2 aromatic carbocycles. The van der Waals surface area contributed by atoms with Crippen LogP contribution in [0.3, 0.4) is 0 Å². The number of hydrogen-bond donors (Lipinski definition) is 1. The number of rotatable bonds is 7. The molecule has 164 valence electrons. The summed E-state index contributed by atoms with van der Waals surface area (Å²) in [6, 6.07) is 10.4. The van der Waals surface area contributed by atoms with Gasteiger partial charge in [-0.05, 0) is 54.7 Å². The van der Waals surface area contributed by atoms with Crippen molar-refractivity contribution in [3.05, 3.63) is 85.3 Å². The number of benzene rings is 2. The predicted molar refractivity (Wildman–Crippen MR) is 114 cm³/mol. The van der Waals surface area contributed by atoms with Crippen molar-refractivity contribution in [2.45, 2.75) is 32.3 Å². The van der Waals surface area contributed by atoms with Crippen molar-refractivity contribution < 1.29 is 23.7 Å². The van der Waals surface area contributed by atoms with Crippen molar-refractivity contribution in [1.29, 1.82) is 0 Å². The van der Waals surface area contributed by atoms with Crippen LogP contribution in [0.25, 0.3) is 11.0 Å². The van der Waals surface area contributed by atoms with Crippen molar-refractivity contribution in [3.8, 4) is 0 Å². The summed E-state index contributed by atoms with van der Waals surface area (Å²) in [4.78, 5) is 46.2. The monoisotopic (exact) mass is 436 g/mol. The van der Waals surface area contributed by atoms with Crippen LogP contribution in [0.15, 0.2) is 51.7 Å². The minimum Gasteiger partial charge on any atom is -0.461 e. The van der Waals surface area contributed by atoms with Gasteiger partial charge in [-0.3, -0.25) is 19.7 Å². The summed E-state index contributed by atoms with van der Waals surface area (Å²) in [7, 11) is 0. The predicted octanol–water partition coefficient (Wildman–Crippen LogP) is 3.05. The van der Waals surface area contributed by atoms with Crippen molar-refractivity contribution >= 4 is 28.5 Å². The van der Waals surface area contributed by atoms with E-state index in [1.807, 2.05) is 12.1 Å². The molecule has 4 rings (SSSR count). The molecule has 0 spiro atoms. The Labute approximate surface area is 182 Å². The van der Waals surface area contributed by atoms with Crippen molar-refractivity contribution in [1.82, 2.24) is 5.32 Å². The van der Waals surface area contributed by atoms with Gasteiger partial charge >= 0.3 is 11.6 Å². The van der Waals surface area contributed by atoms with Gasteiger partial charge in [-0.25, -0.2) is 4.79 Å². The summed E-state index contributed by atoms with van der Waals surface area (Å²) in [5, 5.41) is 14.0. The Morgan fingerprint density at radius 1 is 1.09 bits per heavy atom. The highest BCUT2D eigenvalue weighted by molar-refractivity contribution is 5.94. The van der Waals surface area contributed by atoms with Crippen LogP contribution >= 0.6 is 0 Å². The van der Waals surface area contributed by atoms with Gasteiger partial charge in [0.1, 0.15) is 12.2 Å². The number of carbonyl (C=O) groups is 2. The van der Waals surface area contributed by atoms with E-state index in [2.05, 4.69) is 5.32 Å². The molecule has 9 nitrogen and oxygen atoms in total. The van der Waals surface area contributed by atoms with E-state index in [1.165, 1.54) is 41.5 Å². The molecule has 1 N–H and O–H groups in total. The number of nitro groups is 1. The molecular weight excluding hydrogens is 416 g/mol. The number of aryl methyl sites for hydroxylation is 2. The molecule has 1 heterocycles. The van der Waals surface area contributed by atoms with Gasteiger partial charge in [0.2, 0.25) is 0 Å². The highest BCUT2D eigenvalue weighted by Gasteiger charge is 2.16. The lowest BCUT2D eigenvalue weighted by Crippen LogP contribution is -2.26. The number of nitrogens with one attached hydrogen (secondary N) is 1. The summed E-state index contributed by atoms with van der Waals surface area (Å²) in [5.41, 5.74) is 3.09. The molecule has 0 atom stereocenters. The van der Waals surface area contributed by atoms with Gasteiger partial charge < -0.3 is 14.5 Å². The number of hydrogen-bond acceptors (Lipinski definition) is 7. The van der Waals surface area contributed by atoms with Crippen LogP contribution in [0, 0.1) is 10.1 Å². The molecule has 1 aliphatic rings. The van der Waals surface area contributed by atoms with Crippen LogP contribution in [-0.2, 0) is 29.0 Å². The number of nitro benzene ring substituents is 1. The molecule has 9 heteroatoms. The van der Waals surface area contributed by atoms with E-state index < -0.39 is 22.4 Å². The molecule has 0 radical (unpaired) electrons. The van der Waals surface area contributed by atoms with Gasteiger partial charge in [0, 0.05) is 41.3 Å². The van der Waals surface area contributed by atoms with E-state index in [-0.39, 0.29) is 30.8 Å². The Bertz CT molecular complexity index is 1260. The zero-order valence-electron chi connectivity index (χ0n) is 17.1. The fraction of sp³-hybridized carbons (Fsp3) is 0.261. The van der Waals surface area contributed by atoms with Gasteiger partial charge in [-0.2, -0.15) is 0 Å². The number of carbonyl (C=O) groups excluding carboxylic acids is 2. The van der Waals surface area contributed by atoms with Crippen molar-refractivity contribution in [2.75, 3.05) is 6.54 Å². The first-order valence-corrected chi connectivity index (χ1v) is 10.2. The summed E-state index contributed by atoms with van der Waals surface area (Å²) in [6.07, 6.45) is 2.93. The first-order valence-electron chi connectivity index (χ1n) is 10.2. The maximum absolute atomic E-state index is 12.1. The highest BCUT2D eigenvalue weighted by Crippen LogP contribution is 2.28. The first-order chi connectivity index (χ1) is 15.4. The standard InChI is InChI=1S/C23H20N2O7/c26-21(8-9-24-23(28)14-4-6-18(7-5-14)25(29)30)31-13-17-12-22(27)32-20-11-16-3-1-2-15(16)10-19(17)20/h4-7,10-12H,1-3,8-9,13H2,(H,24,28). The highest BCUT2D eigenvalue weighted by atomic mass is 16.6. The van der Waals surface area contributed by atoms with E-state index in [9.17, 15) is 24.5 Å². The number of non-ortho nitro benzene ring substituents is 1. The SMILES string of the molecule is O=C(CCNC(=O)c1ccc([N+](=O)[O-])cc1)OCc1cc(=O)oc2cc3c(cc12)CCC3. The number of esters is 1. The van der Waals surface area contributed by atoms with Crippen molar-refractivity contribution in [3.63, 3.8) is 0 Å². The van der Waals surface area contributed by atoms with Crippen LogP contribution in [0.2, 0.25) is 0 Å². The smallest absolute Gasteiger partial charge is 0.336 e. The Morgan fingerprint density at radius 2 is 1.81 bits per heavy atom. The van der Waals surface area contributed by atoms with Gasteiger partial charge in [-0.1, -0.05) is 0 Å². The second kappa shape index (κ2) is 9.01. The molecule has 0 saturated carbocycles. The van der Waals surface area contributed by atoms with E-state index in [1.54, 1.807) is 0 Å². The summed E-state index contributed by atoms with van der Waals surface area (Å²) < 4.78 is 10.6. The maximum Gasteiger partial charge on any atom is 0.336 e. The average Bonchev–Trinajstić information content (AvgIpc) is 3.23. The van der Waals surface area contributed by atoms with Crippen LogP contribution in [0.5, 0.6) is 0 Å². The van der Waals surface area contributed by atoms with E-state index in [0.717, 1.165) is 24.6 Å². The minimum atomic E-state index is -0.551. The largest absolute Gasteiger partial charge is 0.461 e. The molecule has 1 amide bonds. The summed E-state index contributed by atoms with van der Waals surface area (Å²) >= 11 is 0. The molecule has 0 unspecified atom stereocenters. The third-order valence-corrected chi connectivity index (χ3v) is 5.39. The molecule has 0 fully saturated rings.